The van der Waals surface area contributed by atoms with Crippen LogP contribution in [0.1, 0.15) is 12.0 Å². The summed E-state index contributed by atoms with van der Waals surface area (Å²) in [5, 5.41) is 3.77. The standard InChI is InChI=1S/C20H19Cl2N3O3S/c1-11-4-5-12(21)8-14(11)23-18(26)10-17-19(27)25(2)20(29-17)24-15-9-13(22)6-7-16(15)28-3/h4-9,17H,10H2,1-3H3,(H,23,26)/t17-/m0/s1. The van der Waals surface area contributed by atoms with E-state index in [0.29, 0.717) is 32.3 Å². The maximum absolute atomic E-state index is 12.6. The van der Waals surface area contributed by atoms with Gasteiger partial charge in [0.05, 0.1) is 7.11 Å². The molecule has 0 unspecified atom stereocenters. The molecule has 0 bridgehead atoms. The molecule has 1 saturated heterocycles. The van der Waals surface area contributed by atoms with Gasteiger partial charge >= 0.3 is 0 Å². The first kappa shape index (κ1) is 21.5. The van der Waals surface area contributed by atoms with E-state index in [-0.39, 0.29) is 18.2 Å². The van der Waals surface area contributed by atoms with Crippen molar-refractivity contribution in [3.8, 4) is 5.75 Å². The molecule has 1 N–H and O–H groups in total. The SMILES string of the molecule is COc1ccc(Cl)cc1N=C1S[C@@H](CC(=O)Nc2cc(Cl)ccc2C)C(=O)N1C. The molecule has 1 aliphatic heterocycles. The number of carbonyl (C=O) groups is 2. The van der Waals surface area contributed by atoms with Crippen molar-refractivity contribution in [1.82, 2.24) is 4.90 Å². The Balaban J connectivity index is 1.74. The molecule has 3 rings (SSSR count). The quantitative estimate of drug-likeness (QED) is 0.701. The molecule has 1 fully saturated rings. The maximum atomic E-state index is 12.6. The minimum atomic E-state index is -0.566. The van der Waals surface area contributed by atoms with E-state index in [2.05, 4.69) is 10.3 Å². The molecule has 29 heavy (non-hydrogen) atoms. The number of benzene rings is 2. The summed E-state index contributed by atoms with van der Waals surface area (Å²) in [5.41, 5.74) is 2.03. The van der Waals surface area contributed by atoms with Gasteiger partial charge in [-0.25, -0.2) is 4.99 Å². The van der Waals surface area contributed by atoms with Crippen LogP contribution >= 0.6 is 35.0 Å². The van der Waals surface area contributed by atoms with Gasteiger partial charge < -0.3 is 10.1 Å². The number of aliphatic imine (C=N–C) groups is 1. The number of hydrogen-bond acceptors (Lipinski definition) is 5. The number of thioether (sulfide) groups is 1. The minimum Gasteiger partial charge on any atom is -0.494 e. The van der Waals surface area contributed by atoms with Crippen molar-refractivity contribution in [3.05, 3.63) is 52.0 Å². The third-order valence-electron chi connectivity index (χ3n) is 4.34. The van der Waals surface area contributed by atoms with Crippen molar-refractivity contribution in [2.24, 2.45) is 4.99 Å². The highest BCUT2D eigenvalue weighted by Gasteiger charge is 2.37. The van der Waals surface area contributed by atoms with Crippen LogP contribution in [0.25, 0.3) is 0 Å². The third-order valence-corrected chi connectivity index (χ3v) is 6.04. The highest BCUT2D eigenvalue weighted by molar-refractivity contribution is 8.15. The highest BCUT2D eigenvalue weighted by Crippen LogP contribution is 2.35. The Labute approximate surface area is 183 Å². The van der Waals surface area contributed by atoms with E-state index in [1.807, 2.05) is 13.0 Å². The molecule has 2 aromatic carbocycles. The van der Waals surface area contributed by atoms with Gasteiger partial charge in [0, 0.05) is 29.2 Å². The van der Waals surface area contributed by atoms with Gasteiger partial charge in [-0.2, -0.15) is 0 Å². The van der Waals surface area contributed by atoms with Gasteiger partial charge in [0.1, 0.15) is 16.7 Å². The fourth-order valence-corrected chi connectivity index (χ4v) is 4.24. The fraction of sp³-hybridized carbons (Fsp3) is 0.250. The van der Waals surface area contributed by atoms with Crippen molar-refractivity contribution in [2.45, 2.75) is 18.6 Å². The summed E-state index contributed by atoms with van der Waals surface area (Å²) >= 11 is 13.3. The molecule has 1 aliphatic rings. The van der Waals surface area contributed by atoms with Crippen LogP contribution in [-0.2, 0) is 9.59 Å². The molecule has 0 spiro atoms. The van der Waals surface area contributed by atoms with Crippen LogP contribution < -0.4 is 10.1 Å². The molecule has 2 aromatic rings. The number of halogens is 2. The van der Waals surface area contributed by atoms with E-state index in [4.69, 9.17) is 27.9 Å². The Morgan fingerprint density at radius 3 is 2.66 bits per heavy atom. The molecule has 0 saturated carbocycles. The number of ether oxygens (including phenoxy) is 1. The van der Waals surface area contributed by atoms with Crippen molar-refractivity contribution in [3.63, 3.8) is 0 Å². The number of amidine groups is 1. The number of anilines is 1. The summed E-state index contributed by atoms with van der Waals surface area (Å²) in [6.07, 6.45) is 0.0193. The third kappa shape index (κ3) is 5.04. The second kappa shape index (κ2) is 9.07. The van der Waals surface area contributed by atoms with E-state index in [1.54, 1.807) is 37.4 Å². The summed E-state index contributed by atoms with van der Waals surface area (Å²) in [6.45, 7) is 1.87. The predicted octanol–water partition coefficient (Wildman–Crippen LogP) is 4.90. The number of hydrogen-bond donors (Lipinski definition) is 1. The second-order valence-electron chi connectivity index (χ2n) is 6.43. The molecule has 6 nitrogen and oxygen atoms in total. The Hall–Kier alpha value is -2.22. The smallest absolute Gasteiger partial charge is 0.242 e. The molecule has 9 heteroatoms. The molecular formula is C20H19Cl2N3O3S. The topological polar surface area (TPSA) is 71.0 Å². The summed E-state index contributed by atoms with van der Waals surface area (Å²) < 4.78 is 5.30. The van der Waals surface area contributed by atoms with Gasteiger partial charge in [0.25, 0.3) is 0 Å². The van der Waals surface area contributed by atoms with E-state index in [9.17, 15) is 9.59 Å². The van der Waals surface area contributed by atoms with Crippen LogP contribution in [0.3, 0.4) is 0 Å². The van der Waals surface area contributed by atoms with Gasteiger partial charge in [0.15, 0.2) is 5.17 Å². The molecule has 2 amide bonds. The molecule has 0 radical (unpaired) electrons. The maximum Gasteiger partial charge on any atom is 0.242 e. The van der Waals surface area contributed by atoms with Crippen LogP contribution in [0, 0.1) is 6.92 Å². The lowest BCUT2D eigenvalue weighted by molar-refractivity contribution is -0.127. The second-order valence-corrected chi connectivity index (χ2v) is 8.47. The van der Waals surface area contributed by atoms with Gasteiger partial charge in [-0.15, -0.1) is 0 Å². The number of rotatable bonds is 5. The first-order valence-electron chi connectivity index (χ1n) is 8.71. The fourth-order valence-electron chi connectivity index (χ4n) is 2.75. The lowest BCUT2D eigenvalue weighted by Crippen LogP contribution is -2.30. The predicted molar refractivity (Wildman–Crippen MR) is 119 cm³/mol. The zero-order chi connectivity index (χ0) is 21.1. The summed E-state index contributed by atoms with van der Waals surface area (Å²) in [7, 11) is 3.17. The van der Waals surface area contributed by atoms with Gasteiger partial charge in [-0.1, -0.05) is 41.0 Å². The zero-order valence-electron chi connectivity index (χ0n) is 16.0. The van der Waals surface area contributed by atoms with Gasteiger partial charge in [0.2, 0.25) is 11.8 Å². The van der Waals surface area contributed by atoms with Crippen LogP contribution in [0.4, 0.5) is 11.4 Å². The Kier molecular flexibility index (Phi) is 6.72. The molecule has 0 aliphatic carbocycles. The van der Waals surface area contributed by atoms with Gasteiger partial charge in [-0.05, 0) is 42.8 Å². The lowest BCUT2D eigenvalue weighted by atomic mass is 10.2. The lowest BCUT2D eigenvalue weighted by Gasteiger charge is -2.11. The average Bonchev–Trinajstić information content (AvgIpc) is 2.93. The summed E-state index contributed by atoms with van der Waals surface area (Å²) in [6, 6.07) is 10.3. The molecule has 0 aromatic heterocycles. The largest absolute Gasteiger partial charge is 0.494 e. The number of nitrogens with one attached hydrogen (secondary N) is 1. The molecule has 152 valence electrons. The van der Waals surface area contributed by atoms with Crippen LogP contribution in [0.5, 0.6) is 5.75 Å². The van der Waals surface area contributed by atoms with Crippen LogP contribution in [-0.4, -0.2) is 41.3 Å². The number of aryl methyl sites for hydroxylation is 1. The van der Waals surface area contributed by atoms with E-state index in [1.165, 1.54) is 23.8 Å². The zero-order valence-corrected chi connectivity index (χ0v) is 18.4. The highest BCUT2D eigenvalue weighted by atomic mass is 35.5. The van der Waals surface area contributed by atoms with Crippen LogP contribution in [0.15, 0.2) is 41.4 Å². The van der Waals surface area contributed by atoms with Crippen molar-refractivity contribution in [1.29, 1.82) is 0 Å². The monoisotopic (exact) mass is 451 g/mol. The van der Waals surface area contributed by atoms with E-state index >= 15 is 0 Å². The number of amides is 2. The Morgan fingerprint density at radius 2 is 1.93 bits per heavy atom. The Morgan fingerprint density at radius 1 is 1.24 bits per heavy atom. The van der Waals surface area contributed by atoms with Crippen LogP contribution in [0.2, 0.25) is 10.0 Å². The van der Waals surface area contributed by atoms with Crippen molar-refractivity contribution >= 4 is 63.3 Å². The normalized spacial score (nSPS) is 17.7. The van der Waals surface area contributed by atoms with Gasteiger partial charge in [-0.3, -0.25) is 14.5 Å². The van der Waals surface area contributed by atoms with Crippen molar-refractivity contribution in [2.75, 3.05) is 19.5 Å². The summed E-state index contributed by atoms with van der Waals surface area (Å²) in [5.74, 6) is 0.0879. The van der Waals surface area contributed by atoms with E-state index < -0.39 is 5.25 Å². The van der Waals surface area contributed by atoms with E-state index in [0.717, 1.165) is 5.56 Å². The molecular weight excluding hydrogens is 433 g/mol. The summed E-state index contributed by atoms with van der Waals surface area (Å²) in [4.78, 5) is 31.0. The average molecular weight is 452 g/mol. The van der Waals surface area contributed by atoms with Crippen molar-refractivity contribution < 1.29 is 14.3 Å². The first-order valence-corrected chi connectivity index (χ1v) is 10.3. The number of carbonyl (C=O) groups excluding carboxylic acids is 2. The first-order chi connectivity index (χ1) is 13.8. The number of nitrogens with zero attached hydrogens (tertiary/aromatic N) is 2. The number of methoxy groups -OCH3 is 1. The molecule has 1 heterocycles. The Bertz CT molecular complexity index is 997. The molecule has 1 atom stereocenters. The minimum absolute atomic E-state index is 0.0193.